The van der Waals surface area contributed by atoms with Crippen molar-refractivity contribution in [3.05, 3.63) is 45.6 Å². The highest BCUT2D eigenvalue weighted by atomic mass is 16.6. The van der Waals surface area contributed by atoms with E-state index in [2.05, 4.69) is 18.0 Å². The van der Waals surface area contributed by atoms with E-state index in [0.717, 1.165) is 47.8 Å². The Morgan fingerprint density at radius 3 is 2.75 bits per heavy atom. The maximum atomic E-state index is 11.0. The van der Waals surface area contributed by atoms with Gasteiger partial charge in [-0.2, -0.15) is 0 Å². The third kappa shape index (κ3) is 3.18. The van der Waals surface area contributed by atoms with Crippen LogP contribution in [0.25, 0.3) is 10.9 Å². The first-order chi connectivity index (χ1) is 9.63. The molecule has 4 heteroatoms. The second-order valence-electron chi connectivity index (χ2n) is 5.42. The molecule has 2 aromatic rings. The molecule has 0 saturated carbocycles. The lowest BCUT2D eigenvalue weighted by Crippen LogP contribution is -2.13. The van der Waals surface area contributed by atoms with Crippen LogP contribution in [-0.2, 0) is 0 Å². The molecule has 0 amide bonds. The van der Waals surface area contributed by atoms with Crippen LogP contribution in [0, 0.1) is 17.0 Å². The molecule has 1 N–H and O–H groups in total. The van der Waals surface area contributed by atoms with Gasteiger partial charge in [0.25, 0.3) is 0 Å². The summed E-state index contributed by atoms with van der Waals surface area (Å²) >= 11 is 0. The highest BCUT2D eigenvalue weighted by Gasteiger charge is 2.23. The molecule has 0 fully saturated rings. The van der Waals surface area contributed by atoms with Gasteiger partial charge in [0.05, 0.1) is 5.92 Å². The normalized spacial score (nSPS) is 12.7. The van der Waals surface area contributed by atoms with E-state index in [0.29, 0.717) is 0 Å². The van der Waals surface area contributed by atoms with Crippen molar-refractivity contribution in [3.63, 3.8) is 0 Å². The fourth-order valence-electron chi connectivity index (χ4n) is 2.97. The summed E-state index contributed by atoms with van der Waals surface area (Å²) in [5, 5.41) is 12.1. The predicted octanol–water partition coefficient (Wildman–Crippen LogP) is 4.42. The monoisotopic (exact) mass is 274 g/mol. The number of nitro groups is 1. The number of benzene rings is 1. The van der Waals surface area contributed by atoms with Crippen LogP contribution in [0.3, 0.4) is 0 Å². The SMILES string of the molecule is CCCCCC(C[N+](=O)[O-])c1c(C)[nH]c2ccccc12. The maximum Gasteiger partial charge on any atom is 0.210 e. The van der Waals surface area contributed by atoms with E-state index in [1.807, 2.05) is 25.1 Å². The van der Waals surface area contributed by atoms with Crippen molar-refractivity contribution in [1.82, 2.24) is 4.98 Å². The van der Waals surface area contributed by atoms with Crippen molar-refractivity contribution in [2.75, 3.05) is 6.54 Å². The van der Waals surface area contributed by atoms with Gasteiger partial charge in [0.1, 0.15) is 0 Å². The van der Waals surface area contributed by atoms with Crippen molar-refractivity contribution in [3.8, 4) is 0 Å². The Kier molecular flexibility index (Phi) is 4.77. The first kappa shape index (κ1) is 14.6. The topological polar surface area (TPSA) is 58.9 Å². The molecule has 0 bridgehead atoms. The summed E-state index contributed by atoms with van der Waals surface area (Å²) in [7, 11) is 0. The molecule has 2 rings (SSSR count). The molecule has 1 aromatic heterocycles. The Labute approximate surface area is 119 Å². The van der Waals surface area contributed by atoms with Gasteiger partial charge in [-0.25, -0.2) is 0 Å². The number of nitrogens with one attached hydrogen (secondary N) is 1. The van der Waals surface area contributed by atoms with Gasteiger partial charge < -0.3 is 4.98 Å². The van der Waals surface area contributed by atoms with Crippen LogP contribution in [0.4, 0.5) is 0 Å². The molecule has 4 nitrogen and oxygen atoms in total. The minimum Gasteiger partial charge on any atom is -0.358 e. The number of aryl methyl sites for hydroxylation is 1. The molecule has 1 aromatic carbocycles. The summed E-state index contributed by atoms with van der Waals surface area (Å²) in [6.07, 6.45) is 4.21. The Bertz CT molecular complexity index is 589. The summed E-state index contributed by atoms with van der Waals surface area (Å²) in [6.45, 7) is 4.19. The number of nitrogens with zero attached hydrogens (tertiary/aromatic N) is 1. The Hall–Kier alpha value is -1.84. The number of unbranched alkanes of at least 4 members (excludes halogenated alkanes) is 2. The first-order valence-corrected chi connectivity index (χ1v) is 7.32. The number of aromatic nitrogens is 1. The van der Waals surface area contributed by atoms with Gasteiger partial charge in [0, 0.05) is 21.5 Å². The Morgan fingerprint density at radius 2 is 2.05 bits per heavy atom. The average molecular weight is 274 g/mol. The predicted molar refractivity (Wildman–Crippen MR) is 81.8 cm³/mol. The number of fused-ring (bicyclic) bond motifs is 1. The number of para-hydroxylation sites is 1. The number of rotatable bonds is 7. The van der Waals surface area contributed by atoms with Crippen molar-refractivity contribution in [2.45, 2.75) is 45.4 Å². The van der Waals surface area contributed by atoms with Gasteiger partial charge >= 0.3 is 0 Å². The van der Waals surface area contributed by atoms with E-state index in [1.165, 1.54) is 0 Å². The fourth-order valence-corrected chi connectivity index (χ4v) is 2.97. The lowest BCUT2D eigenvalue weighted by molar-refractivity contribution is -0.483. The van der Waals surface area contributed by atoms with Crippen LogP contribution < -0.4 is 0 Å². The lowest BCUT2D eigenvalue weighted by atomic mass is 9.91. The molecule has 1 unspecified atom stereocenters. The Morgan fingerprint density at radius 1 is 1.30 bits per heavy atom. The van der Waals surface area contributed by atoms with Gasteiger partial charge in [-0.05, 0) is 25.0 Å². The van der Waals surface area contributed by atoms with Crippen molar-refractivity contribution < 1.29 is 4.92 Å². The highest BCUT2D eigenvalue weighted by molar-refractivity contribution is 5.85. The average Bonchev–Trinajstić information content (AvgIpc) is 2.73. The third-order valence-corrected chi connectivity index (χ3v) is 3.88. The molecule has 0 aliphatic heterocycles. The quantitative estimate of drug-likeness (QED) is 0.461. The zero-order valence-electron chi connectivity index (χ0n) is 12.2. The van der Waals surface area contributed by atoms with Gasteiger partial charge in [0.2, 0.25) is 6.54 Å². The van der Waals surface area contributed by atoms with E-state index in [-0.39, 0.29) is 17.4 Å². The van der Waals surface area contributed by atoms with Crippen LogP contribution in [-0.4, -0.2) is 16.5 Å². The first-order valence-electron chi connectivity index (χ1n) is 7.32. The zero-order valence-corrected chi connectivity index (χ0v) is 12.2. The smallest absolute Gasteiger partial charge is 0.210 e. The number of hydrogen-bond acceptors (Lipinski definition) is 2. The van der Waals surface area contributed by atoms with Crippen LogP contribution >= 0.6 is 0 Å². The van der Waals surface area contributed by atoms with Crippen molar-refractivity contribution >= 4 is 10.9 Å². The molecule has 1 atom stereocenters. The summed E-state index contributed by atoms with van der Waals surface area (Å²) in [5.74, 6) is 0.00713. The maximum absolute atomic E-state index is 11.0. The lowest BCUT2D eigenvalue weighted by Gasteiger charge is -2.13. The van der Waals surface area contributed by atoms with E-state index >= 15 is 0 Å². The van der Waals surface area contributed by atoms with E-state index in [1.54, 1.807) is 0 Å². The molecular formula is C16H22N2O2. The van der Waals surface area contributed by atoms with Crippen LogP contribution in [0.5, 0.6) is 0 Å². The number of hydrogen-bond donors (Lipinski definition) is 1. The van der Waals surface area contributed by atoms with Crippen molar-refractivity contribution in [1.29, 1.82) is 0 Å². The van der Waals surface area contributed by atoms with Gasteiger partial charge in [-0.3, -0.25) is 10.1 Å². The number of H-pyrrole nitrogens is 1. The minimum absolute atomic E-state index is 0.00713. The molecule has 0 aliphatic rings. The highest BCUT2D eigenvalue weighted by Crippen LogP contribution is 2.32. The molecule has 0 aliphatic carbocycles. The van der Waals surface area contributed by atoms with E-state index in [4.69, 9.17) is 0 Å². The van der Waals surface area contributed by atoms with Crippen LogP contribution in [0.1, 0.15) is 49.8 Å². The zero-order chi connectivity index (χ0) is 14.5. The molecule has 0 spiro atoms. The van der Waals surface area contributed by atoms with Crippen LogP contribution in [0.2, 0.25) is 0 Å². The van der Waals surface area contributed by atoms with E-state index in [9.17, 15) is 10.1 Å². The van der Waals surface area contributed by atoms with Gasteiger partial charge in [-0.1, -0.05) is 44.4 Å². The third-order valence-electron chi connectivity index (χ3n) is 3.88. The Balaban J connectivity index is 2.34. The standard InChI is InChI=1S/C16H22N2O2/c1-3-4-5-8-13(11-18(19)20)16-12(2)17-15-10-7-6-9-14(15)16/h6-7,9-10,13,17H,3-5,8,11H2,1-2H3. The van der Waals surface area contributed by atoms with Crippen LogP contribution in [0.15, 0.2) is 24.3 Å². The fraction of sp³-hybridized carbons (Fsp3) is 0.500. The minimum atomic E-state index is -0.183. The molecular weight excluding hydrogens is 252 g/mol. The summed E-state index contributed by atoms with van der Waals surface area (Å²) in [5.41, 5.74) is 3.27. The molecule has 20 heavy (non-hydrogen) atoms. The summed E-state index contributed by atoms with van der Waals surface area (Å²) < 4.78 is 0. The molecule has 1 heterocycles. The summed E-state index contributed by atoms with van der Waals surface area (Å²) in [4.78, 5) is 14.1. The van der Waals surface area contributed by atoms with Crippen molar-refractivity contribution in [2.24, 2.45) is 0 Å². The second-order valence-corrected chi connectivity index (χ2v) is 5.42. The molecule has 0 saturated heterocycles. The number of aromatic amines is 1. The van der Waals surface area contributed by atoms with E-state index < -0.39 is 0 Å². The summed E-state index contributed by atoms with van der Waals surface area (Å²) in [6, 6.07) is 8.07. The largest absolute Gasteiger partial charge is 0.358 e. The molecule has 108 valence electrons. The van der Waals surface area contributed by atoms with Gasteiger partial charge in [-0.15, -0.1) is 0 Å². The van der Waals surface area contributed by atoms with Gasteiger partial charge in [0.15, 0.2) is 0 Å². The molecule has 0 radical (unpaired) electrons. The second kappa shape index (κ2) is 6.55.